The third kappa shape index (κ3) is 3.54. The lowest BCUT2D eigenvalue weighted by atomic mass is 9.75. The van der Waals surface area contributed by atoms with Crippen LogP contribution in [0.4, 0.5) is 5.69 Å². The summed E-state index contributed by atoms with van der Waals surface area (Å²) in [7, 11) is 6.34. The van der Waals surface area contributed by atoms with Crippen LogP contribution in [0.2, 0.25) is 0 Å². The van der Waals surface area contributed by atoms with Crippen LogP contribution in [0, 0.1) is 11.8 Å². The minimum atomic E-state index is 0.504. The van der Waals surface area contributed by atoms with Crippen molar-refractivity contribution in [2.24, 2.45) is 11.8 Å². The van der Waals surface area contributed by atoms with Crippen LogP contribution in [0.1, 0.15) is 50.6 Å². The van der Waals surface area contributed by atoms with Crippen molar-refractivity contribution in [3.8, 4) is 0 Å². The van der Waals surface area contributed by atoms with Gasteiger partial charge in [0.1, 0.15) is 0 Å². The van der Waals surface area contributed by atoms with Gasteiger partial charge in [0.2, 0.25) is 0 Å². The topological polar surface area (TPSA) is 15.3 Å². The number of hydrogen-bond acceptors (Lipinski definition) is 2. The molecule has 1 aliphatic carbocycles. The molecule has 3 atom stereocenters. The van der Waals surface area contributed by atoms with Crippen molar-refractivity contribution in [1.82, 2.24) is 5.32 Å². The molecule has 1 aromatic rings. The van der Waals surface area contributed by atoms with Crippen LogP contribution in [-0.4, -0.2) is 21.1 Å². The third-order valence-electron chi connectivity index (χ3n) is 4.93. The first-order chi connectivity index (χ1) is 9.65. The first kappa shape index (κ1) is 15.4. The smallest absolute Gasteiger partial charge is 0.0364 e. The van der Waals surface area contributed by atoms with Gasteiger partial charge in [0.15, 0.2) is 0 Å². The van der Waals surface area contributed by atoms with Gasteiger partial charge in [-0.05, 0) is 49.4 Å². The average molecular weight is 274 g/mol. The SMILES string of the molecule is CCC1CCCC(C(NC)c2cccc(N(C)C)c2)C1. The summed E-state index contributed by atoms with van der Waals surface area (Å²) in [5, 5.41) is 3.58. The van der Waals surface area contributed by atoms with Crippen LogP contribution in [0.5, 0.6) is 0 Å². The molecule has 0 radical (unpaired) electrons. The molecule has 0 bridgehead atoms. The van der Waals surface area contributed by atoms with Crippen molar-refractivity contribution in [3.05, 3.63) is 29.8 Å². The van der Waals surface area contributed by atoms with Gasteiger partial charge in [-0.25, -0.2) is 0 Å². The molecule has 0 heterocycles. The zero-order valence-corrected chi connectivity index (χ0v) is 13.5. The summed E-state index contributed by atoms with van der Waals surface area (Å²) in [5.41, 5.74) is 2.74. The lowest BCUT2D eigenvalue weighted by Gasteiger charge is -2.34. The van der Waals surface area contributed by atoms with E-state index in [1.807, 2.05) is 0 Å². The lowest BCUT2D eigenvalue weighted by molar-refractivity contribution is 0.215. The minimum absolute atomic E-state index is 0.504. The van der Waals surface area contributed by atoms with E-state index in [0.717, 1.165) is 11.8 Å². The monoisotopic (exact) mass is 274 g/mol. The molecule has 2 heteroatoms. The van der Waals surface area contributed by atoms with Crippen molar-refractivity contribution in [1.29, 1.82) is 0 Å². The number of benzene rings is 1. The van der Waals surface area contributed by atoms with E-state index in [1.54, 1.807) is 0 Å². The van der Waals surface area contributed by atoms with Crippen molar-refractivity contribution < 1.29 is 0 Å². The fourth-order valence-corrected chi connectivity index (χ4v) is 3.68. The molecule has 1 aromatic carbocycles. The Hall–Kier alpha value is -1.02. The Bertz CT molecular complexity index is 414. The molecule has 112 valence electrons. The lowest BCUT2D eigenvalue weighted by Crippen LogP contribution is -2.29. The zero-order chi connectivity index (χ0) is 14.5. The van der Waals surface area contributed by atoms with Gasteiger partial charge in [-0.15, -0.1) is 0 Å². The largest absolute Gasteiger partial charge is 0.378 e. The minimum Gasteiger partial charge on any atom is -0.378 e. The molecule has 2 nitrogen and oxygen atoms in total. The summed E-state index contributed by atoms with van der Waals surface area (Å²) < 4.78 is 0. The maximum absolute atomic E-state index is 3.58. The molecule has 1 aliphatic rings. The summed E-state index contributed by atoms with van der Waals surface area (Å²) in [6.45, 7) is 2.34. The van der Waals surface area contributed by atoms with Crippen LogP contribution in [0.25, 0.3) is 0 Å². The maximum Gasteiger partial charge on any atom is 0.0364 e. The first-order valence-electron chi connectivity index (χ1n) is 8.10. The van der Waals surface area contributed by atoms with Crippen LogP contribution in [0.3, 0.4) is 0 Å². The maximum atomic E-state index is 3.58. The number of anilines is 1. The van der Waals surface area contributed by atoms with Gasteiger partial charge < -0.3 is 10.2 Å². The van der Waals surface area contributed by atoms with Gasteiger partial charge in [0.05, 0.1) is 0 Å². The van der Waals surface area contributed by atoms with Gasteiger partial charge in [-0.3, -0.25) is 0 Å². The Morgan fingerprint density at radius 1 is 1.30 bits per heavy atom. The third-order valence-corrected chi connectivity index (χ3v) is 4.93. The average Bonchev–Trinajstić information content (AvgIpc) is 2.48. The standard InChI is InChI=1S/C18H30N2/c1-5-14-8-6-9-15(12-14)18(19-2)16-10-7-11-17(13-16)20(3)4/h7,10-11,13-15,18-19H,5-6,8-9,12H2,1-4H3. The highest BCUT2D eigenvalue weighted by Gasteiger charge is 2.28. The van der Waals surface area contributed by atoms with E-state index >= 15 is 0 Å². The predicted molar refractivity (Wildman–Crippen MR) is 88.3 cm³/mol. The fourth-order valence-electron chi connectivity index (χ4n) is 3.68. The van der Waals surface area contributed by atoms with E-state index in [4.69, 9.17) is 0 Å². The normalized spacial score (nSPS) is 24.4. The van der Waals surface area contributed by atoms with Crippen LogP contribution in [-0.2, 0) is 0 Å². The molecule has 0 aliphatic heterocycles. The second-order valence-electron chi connectivity index (χ2n) is 6.46. The number of nitrogens with one attached hydrogen (secondary N) is 1. The highest BCUT2D eigenvalue weighted by Crippen LogP contribution is 2.38. The van der Waals surface area contributed by atoms with Crippen molar-refractivity contribution in [2.45, 2.75) is 45.1 Å². The van der Waals surface area contributed by atoms with Gasteiger partial charge in [-0.2, -0.15) is 0 Å². The van der Waals surface area contributed by atoms with E-state index in [0.29, 0.717) is 6.04 Å². The first-order valence-corrected chi connectivity index (χ1v) is 8.10. The van der Waals surface area contributed by atoms with E-state index < -0.39 is 0 Å². The van der Waals surface area contributed by atoms with Crippen LogP contribution in [0.15, 0.2) is 24.3 Å². The number of rotatable bonds is 5. The highest BCUT2D eigenvalue weighted by molar-refractivity contribution is 5.48. The summed E-state index contributed by atoms with van der Waals surface area (Å²) in [6.07, 6.45) is 6.92. The molecule has 0 saturated heterocycles. The van der Waals surface area contributed by atoms with E-state index in [2.05, 4.69) is 62.5 Å². The summed E-state index contributed by atoms with van der Waals surface area (Å²) >= 11 is 0. The van der Waals surface area contributed by atoms with Crippen molar-refractivity contribution in [2.75, 3.05) is 26.0 Å². The zero-order valence-electron chi connectivity index (χ0n) is 13.5. The molecular formula is C18H30N2. The number of hydrogen-bond donors (Lipinski definition) is 1. The molecule has 3 unspecified atom stereocenters. The van der Waals surface area contributed by atoms with Crippen molar-refractivity contribution >= 4 is 5.69 Å². The molecular weight excluding hydrogens is 244 g/mol. The fraction of sp³-hybridized carbons (Fsp3) is 0.667. The molecule has 2 rings (SSSR count). The Labute approximate surface area is 124 Å². The molecule has 1 N–H and O–H groups in total. The van der Waals surface area contributed by atoms with E-state index in [9.17, 15) is 0 Å². The van der Waals surface area contributed by atoms with Crippen LogP contribution < -0.4 is 10.2 Å². The molecule has 0 amide bonds. The Morgan fingerprint density at radius 3 is 2.75 bits per heavy atom. The van der Waals surface area contributed by atoms with Crippen molar-refractivity contribution in [3.63, 3.8) is 0 Å². The van der Waals surface area contributed by atoms with Gasteiger partial charge >= 0.3 is 0 Å². The second-order valence-corrected chi connectivity index (χ2v) is 6.46. The molecule has 20 heavy (non-hydrogen) atoms. The van der Waals surface area contributed by atoms with E-state index in [-0.39, 0.29) is 0 Å². The summed E-state index contributed by atoms with van der Waals surface area (Å²) in [6, 6.07) is 9.51. The Balaban J connectivity index is 2.16. The summed E-state index contributed by atoms with van der Waals surface area (Å²) in [5.74, 6) is 1.72. The second kappa shape index (κ2) is 7.12. The number of nitrogens with zero attached hydrogens (tertiary/aromatic N) is 1. The van der Waals surface area contributed by atoms with Gasteiger partial charge in [0, 0.05) is 25.8 Å². The van der Waals surface area contributed by atoms with Gasteiger partial charge in [0.25, 0.3) is 0 Å². The highest BCUT2D eigenvalue weighted by atomic mass is 15.1. The van der Waals surface area contributed by atoms with Crippen LogP contribution >= 0.6 is 0 Å². The molecule has 1 saturated carbocycles. The quantitative estimate of drug-likeness (QED) is 0.864. The molecule has 0 spiro atoms. The van der Waals surface area contributed by atoms with Gasteiger partial charge in [-0.1, -0.05) is 38.3 Å². The Morgan fingerprint density at radius 2 is 2.10 bits per heavy atom. The van der Waals surface area contributed by atoms with E-state index in [1.165, 1.54) is 43.4 Å². The molecule has 0 aromatic heterocycles. The molecule has 1 fully saturated rings. The predicted octanol–water partition coefficient (Wildman–Crippen LogP) is 4.23. The summed E-state index contributed by atoms with van der Waals surface area (Å²) in [4.78, 5) is 2.19. The Kier molecular flexibility index (Phi) is 5.47.